The van der Waals surface area contributed by atoms with Crippen molar-refractivity contribution in [3.63, 3.8) is 0 Å². The van der Waals surface area contributed by atoms with Gasteiger partial charge in [-0.1, -0.05) is 0 Å². The zero-order chi connectivity index (χ0) is 13.2. The number of sulfone groups is 1. The number of halogens is 2. The molecule has 1 atom stereocenters. The normalized spacial score (nSPS) is 13.7. The van der Waals surface area contributed by atoms with E-state index in [9.17, 15) is 22.3 Å². The zero-order valence-corrected chi connectivity index (χ0v) is 10.4. The van der Waals surface area contributed by atoms with Crippen molar-refractivity contribution in [3.05, 3.63) is 34.9 Å². The smallest absolute Gasteiger partial charge is 0.147 e. The molecule has 1 unspecified atom stereocenters. The lowest BCUT2D eigenvalue weighted by Crippen LogP contribution is -2.10. The van der Waals surface area contributed by atoms with Gasteiger partial charge in [-0.15, -0.1) is 0 Å². The van der Waals surface area contributed by atoms with E-state index in [0.717, 1.165) is 6.26 Å². The number of benzene rings is 1. The molecule has 0 saturated heterocycles. The third-order valence-electron chi connectivity index (χ3n) is 2.40. The van der Waals surface area contributed by atoms with Crippen LogP contribution in [0.25, 0.3) is 0 Å². The van der Waals surface area contributed by atoms with Crippen LogP contribution >= 0.6 is 0 Å². The lowest BCUT2D eigenvalue weighted by molar-refractivity contribution is 0.169. The molecule has 0 aromatic heterocycles. The van der Waals surface area contributed by atoms with E-state index in [-0.39, 0.29) is 23.3 Å². The Morgan fingerprint density at radius 3 is 2.41 bits per heavy atom. The Labute approximate surface area is 99.0 Å². The Hall–Kier alpha value is -1.01. The lowest BCUT2D eigenvalue weighted by atomic mass is 10.0. The predicted octanol–water partition coefficient (Wildman–Crippen LogP) is 1.74. The molecule has 0 aliphatic carbocycles. The molecular formula is C11H14F2O3S. The lowest BCUT2D eigenvalue weighted by Gasteiger charge is -2.12. The summed E-state index contributed by atoms with van der Waals surface area (Å²) < 4.78 is 48.1. The Morgan fingerprint density at radius 2 is 1.88 bits per heavy atom. The van der Waals surface area contributed by atoms with Crippen molar-refractivity contribution < 1.29 is 22.3 Å². The molecule has 0 saturated carbocycles. The molecule has 1 aromatic carbocycles. The minimum absolute atomic E-state index is 0.0763. The van der Waals surface area contributed by atoms with E-state index in [1.807, 2.05) is 0 Å². The van der Waals surface area contributed by atoms with Gasteiger partial charge in [-0.05, 0) is 25.0 Å². The monoisotopic (exact) mass is 264 g/mol. The third kappa shape index (κ3) is 4.05. The number of aryl methyl sites for hydroxylation is 1. The predicted molar refractivity (Wildman–Crippen MR) is 60.4 cm³/mol. The maximum absolute atomic E-state index is 13.4. The molecule has 3 nitrogen and oxygen atoms in total. The van der Waals surface area contributed by atoms with E-state index in [2.05, 4.69) is 0 Å². The topological polar surface area (TPSA) is 54.4 Å². The molecular weight excluding hydrogens is 250 g/mol. The Morgan fingerprint density at radius 1 is 1.29 bits per heavy atom. The summed E-state index contributed by atoms with van der Waals surface area (Å²) in [5.74, 6) is -1.81. The molecule has 0 spiro atoms. The fraction of sp³-hybridized carbons (Fsp3) is 0.455. The van der Waals surface area contributed by atoms with Crippen molar-refractivity contribution in [2.45, 2.75) is 19.4 Å². The molecule has 17 heavy (non-hydrogen) atoms. The van der Waals surface area contributed by atoms with Gasteiger partial charge >= 0.3 is 0 Å². The molecule has 96 valence electrons. The minimum atomic E-state index is -3.21. The number of hydrogen-bond acceptors (Lipinski definition) is 3. The van der Waals surface area contributed by atoms with Gasteiger partial charge in [-0.25, -0.2) is 17.2 Å². The van der Waals surface area contributed by atoms with Crippen LogP contribution < -0.4 is 0 Å². The molecule has 1 N–H and O–H groups in total. The van der Waals surface area contributed by atoms with E-state index in [4.69, 9.17) is 0 Å². The minimum Gasteiger partial charge on any atom is -0.388 e. The quantitative estimate of drug-likeness (QED) is 0.901. The number of aliphatic hydroxyl groups excluding tert-OH is 1. The van der Waals surface area contributed by atoms with Crippen molar-refractivity contribution in [1.29, 1.82) is 0 Å². The molecule has 0 heterocycles. The third-order valence-corrected chi connectivity index (χ3v) is 3.38. The van der Waals surface area contributed by atoms with E-state index in [0.29, 0.717) is 6.07 Å². The SMILES string of the molecule is Cc1cc(C(O)CCS(C)(=O)=O)c(F)cc1F. The first kappa shape index (κ1) is 14.1. The number of rotatable bonds is 4. The highest BCUT2D eigenvalue weighted by molar-refractivity contribution is 7.90. The first-order valence-corrected chi connectivity index (χ1v) is 7.08. The van der Waals surface area contributed by atoms with Gasteiger partial charge in [0, 0.05) is 17.9 Å². The van der Waals surface area contributed by atoms with Crippen molar-refractivity contribution in [2.75, 3.05) is 12.0 Å². The largest absolute Gasteiger partial charge is 0.388 e. The second kappa shape index (κ2) is 5.10. The molecule has 1 rings (SSSR count). The average molecular weight is 264 g/mol. The Balaban J connectivity index is 2.89. The van der Waals surface area contributed by atoms with Gasteiger partial charge in [0.2, 0.25) is 0 Å². The van der Waals surface area contributed by atoms with Crippen LogP contribution in [0, 0.1) is 18.6 Å². The molecule has 0 bridgehead atoms. The highest BCUT2D eigenvalue weighted by Crippen LogP contribution is 2.23. The number of hydrogen-bond donors (Lipinski definition) is 1. The van der Waals surface area contributed by atoms with Crippen LogP contribution in [0.2, 0.25) is 0 Å². The van der Waals surface area contributed by atoms with E-state index in [1.165, 1.54) is 13.0 Å². The van der Waals surface area contributed by atoms with Gasteiger partial charge in [-0.3, -0.25) is 0 Å². The summed E-state index contributed by atoms with van der Waals surface area (Å²) in [7, 11) is -3.21. The first-order valence-electron chi connectivity index (χ1n) is 5.02. The number of aliphatic hydroxyl groups is 1. The molecule has 6 heteroatoms. The molecule has 0 aliphatic heterocycles. The molecule has 0 radical (unpaired) electrons. The van der Waals surface area contributed by atoms with Crippen LogP contribution in [0.4, 0.5) is 8.78 Å². The van der Waals surface area contributed by atoms with Crippen molar-refractivity contribution in [1.82, 2.24) is 0 Å². The zero-order valence-electron chi connectivity index (χ0n) is 9.57. The van der Waals surface area contributed by atoms with Gasteiger partial charge in [-0.2, -0.15) is 0 Å². The van der Waals surface area contributed by atoms with Crippen LogP contribution in [0.5, 0.6) is 0 Å². The summed E-state index contributed by atoms with van der Waals surface area (Å²) in [6.45, 7) is 1.45. The van der Waals surface area contributed by atoms with Crippen LogP contribution in [0.3, 0.4) is 0 Å². The van der Waals surface area contributed by atoms with E-state index >= 15 is 0 Å². The summed E-state index contributed by atoms with van der Waals surface area (Å²) in [6.07, 6.45) is -0.323. The van der Waals surface area contributed by atoms with Gasteiger partial charge in [0.25, 0.3) is 0 Å². The van der Waals surface area contributed by atoms with E-state index in [1.54, 1.807) is 0 Å². The Kier molecular flexibility index (Phi) is 4.21. The van der Waals surface area contributed by atoms with Gasteiger partial charge in [0.05, 0.1) is 11.9 Å². The molecule has 0 fully saturated rings. The summed E-state index contributed by atoms with van der Waals surface area (Å²) in [5.41, 5.74) is 0.132. The second-order valence-electron chi connectivity index (χ2n) is 4.06. The van der Waals surface area contributed by atoms with Crippen LogP contribution in [0.15, 0.2) is 12.1 Å². The fourth-order valence-corrected chi connectivity index (χ4v) is 2.07. The highest BCUT2D eigenvalue weighted by atomic mass is 32.2. The Bertz CT molecular complexity index is 512. The van der Waals surface area contributed by atoms with Crippen LogP contribution in [0.1, 0.15) is 23.7 Å². The van der Waals surface area contributed by atoms with Crippen LogP contribution in [-0.4, -0.2) is 25.5 Å². The standard InChI is InChI=1S/C11H14F2O3S/c1-7-5-8(10(13)6-9(7)12)11(14)3-4-17(2,15)16/h5-6,11,14H,3-4H2,1-2H3. The maximum atomic E-state index is 13.4. The maximum Gasteiger partial charge on any atom is 0.147 e. The molecule has 0 amide bonds. The van der Waals surface area contributed by atoms with Crippen molar-refractivity contribution in [2.24, 2.45) is 0 Å². The average Bonchev–Trinajstić information content (AvgIpc) is 2.19. The van der Waals surface area contributed by atoms with Gasteiger partial charge in [0.15, 0.2) is 0 Å². The van der Waals surface area contributed by atoms with Crippen LogP contribution in [-0.2, 0) is 9.84 Å². The summed E-state index contributed by atoms with van der Waals surface area (Å²) in [5, 5.41) is 9.65. The fourth-order valence-electron chi connectivity index (χ4n) is 1.42. The highest BCUT2D eigenvalue weighted by Gasteiger charge is 2.17. The van der Waals surface area contributed by atoms with Crippen molar-refractivity contribution >= 4 is 9.84 Å². The van der Waals surface area contributed by atoms with E-state index < -0.39 is 27.6 Å². The second-order valence-corrected chi connectivity index (χ2v) is 6.32. The summed E-state index contributed by atoms with van der Waals surface area (Å²) in [4.78, 5) is 0. The molecule has 1 aromatic rings. The molecule has 0 aliphatic rings. The summed E-state index contributed by atoms with van der Waals surface area (Å²) >= 11 is 0. The van der Waals surface area contributed by atoms with Crippen molar-refractivity contribution in [3.8, 4) is 0 Å². The van der Waals surface area contributed by atoms with Gasteiger partial charge < -0.3 is 5.11 Å². The van der Waals surface area contributed by atoms with Gasteiger partial charge in [0.1, 0.15) is 21.5 Å². The summed E-state index contributed by atoms with van der Waals surface area (Å²) in [6, 6.07) is 1.88. The first-order chi connectivity index (χ1) is 7.70.